The average Bonchev–Trinajstić information content (AvgIpc) is 2.54. The fraction of sp³-hybridized carbons (Fsp3) is 0.467. The molecule has 0 saturated carbocycles. The minimum absolute atomic E-state index is 0.0469. The van der Waals surface area contributed by atoms with Crippen molar-refractivity contribution in [1.29, 1.82) is 0 Å². The maximum atomic E-state index is 12.6. The largest absolute Gasteiger partial charge is 0.484 e. The normalized spacial score (nSPS) is 11.1. The highest BCUT2D eigenvalue weighted by Crippen LogP contribution is 2.31. The highest BCUT2D eigenvalue weighted by molar-refractivity contribution is 7.80. The first-order valence-corrected chi connectivity index (χ1v) is 7.87. The molecule has 1 rings (SSSR count). The van der Waals surface area contributed by atoms with E-state index in [2.05, 4.69) is 16.2 Å². The van der Waals surface area contributed by atoms with Crippen LogP contribution in [0.25, 0.3) is 0 Å². The molecule has 1 aromatic carbocycles. The number of nitrogens with zero attached hydrogens (tertiary/aromatic N) is 1. The molecule has 0 aliphatic carbocycles. The Morgan fingerprint density at radius 2 is 2.00 bits per heavy atom. The van der Waals surface area contributed by atoms with E-state index < -0.39 is 24.3 Å². The summed E-state index contributed by atoms with van der Waals surface area (Å²) in [6, 6.07) is 4.31. The third-order valence-electron chi connectivity index (χ3n) is 2.91. The molecule has 10 heteroatoms. The molecule has 0 aliphatic rings. The topological polar surface area (TPSA) is 65.6 Å². The maximum Gasteiger partial charge on any atom is 0.416 e. The van der Waals surface area contributed by atoms with Crippen LogP contribution < -0.4 is 20.9 Å². The lowest BCUT2D eigenvalue weighted by Crippen LogP contribution is -2.48. The Bertz CT molecular complexity index is 582. The summed E-state index contributed by atoms with van der Waals surface area (Å²) in [6.45, 7) is 1.09. The summed E-state index contributed by atoms with van der Waals surface area (Å²) < 4.78 is 42.8. The smallest absolute Gasteiger partial charge is 0.416 e. The molecule has 140 valence electrons. The minimum atomic E-state index is -4.46. The average molecular weight is 378 g/mol. The third-order valence-corrected chi connectivity index (χ3v) is 3.16. The van der Waals surface area contributed by atoms with Crippen molar-refractivity contribution in [3.8, 4) is 5.75 Å². The van der Waals surface area contributed by atoms with Gasteiger partial charge in [0.05, 0.1) is 5.56 Å². The van der Waals surface area contributed by atoms with Crippen LogP contribution in [-0.4, -0.2) is 49.7 Å². The van der Waals surface area contributed by atoms with Crippen LogP contribution in [0.1, 0.15) is 12.0 Å². The number of hydrogen-bond acceptors (Lipinski definition) is 4. The van der Waals surface area contributed by atoms with Gasteiger partial charge in [0, 0.05) is 6.54 Å². The number of thiocarbonyl (C=S) groups is 1. The number of benzene rings is 1. The first-order chi connectivity index (χ1) is 11.7. The van der Waals surface area contributed by atoms with Crippen molar-refractivity contribution < 1.29 is 22.7 Å². The van der Waals surface area contributed by atoms with Crippen LogP contribution in [0.3, 0.4) is 0 Å². The molecule has 0 heterocycles. The predicted octanol–water partition coefficient (Wildman–Crippen LogP) is 1.53. The monoisotopic (exact) mass is 378 g/mol. The summed E-state index contributed by atoms with van der Waals surface area (Å²) in [5, 5.41) is 3.15. The van der Waals surface area contributed by atoms with E-state index in [0.717, 1.165) is 25.1 Å². The zero-order chi connectivity index (χ0) is 18.9. The van der Waals surface area contributed by atoms with Crippen molar-refractivity contribution in [2.45, 2.75) is 12.6 Å². The lowest BCUT2D eigenvalue weighted by atomic mass is 10.2. The van der Waals surface area contributed by atoms with Gasteiger partial charge in [0.1, 0.15) is 5.75 Å². The third kappa shape index (κ3) is 9.11. The molecule has 0 fully saturated rings. The minimum Gasteiger partial charge on any atom is -0.484 e. The molecule has 3 N–H and O–H groups in total. The molecule has 0 spiro atoms. The molecule has 6 nitrogen and oxygen atoms in total. The second-order valence-electron chi connectivity index (χ2n) is 5.40. The standard InChI is InChI=1S/C15H21F3N4O2S/c1-22(2)8-4-7-19-14(25)21-20-13(23)10-24-12-6-3-5-11(9-12)15(16,17)18/h3,5-6,9H,4,7-8,10H2,1-2H3,(H,20,23)(H2,19,21,25). The van der Waals surface area contributed by atoms with Gasteiger partial charge in [-0.25, -0.2) is 0 Å². The molecule has 25 heavy (non-hydrogen) atoms. The molecule has 0 radical (unpaired) electrons. The van der Waals surface area contributed by atoms with Gasteiger partial charge in [-0.2, -0.15) is 13.2 Å². The second kappa shape index (κ2) is 10.0. The summed E-state index contributed by atoms with van der Waals surface area (Å²) in [5.41, 5.74) is 3.95. The van der Waals surface area contributed by atoms with Crippen molar-refractivity contribution in [3.63, 3.8) is 0 Å². The van der Waals surface area contributed by atoms with Gasteiger partial charge in [0.15, 0.2) is 11.7 Å². The van der Waals surface area contributed by atoms with Gasteiger partial charge in [0.25, 0.3) is 5.91 Å². The Morgan fingerprint density at radius 3 is 2.64 bits per heavy atom. The first kappa shape index (κ1) is 21.0. The number of halogens is 3. The van der Waals surface area contributed by atoms with Crippen LogP contribution in [0.5, 0.6) is 5.75 Å². The summed E-state index contributed by atoms with van der Waals surface area (Å²) in [5.74, 6) is -0.621. The molecular weight excluding hydrogens is 357 g/mol. The predicted molar refractivity (Wildman–Crippen MR) is 92.0 cm³/mol. The van der Waals surface area contributed by atoms with E-state index in [4.69, 9.17) is 17.0 Å². The zero-order valence-corrected chi connectivity index (χ0v) is 14.8. The van der Waals surface area contributed by atoms with E-state index >= 15 is 0 Å². The number of alkyl halides is 3. The van der Waals surface area contributed by atoms with Crippen molar-refractivity contribution in [2.75, 3.05) is 33.8 Å². The second-order valence-corrected chi connectivity index (χ2v) is 5.81. The Labute approximate surface area is 149 Å². The van der Waals surface area contributed by atoms with Gasteiger partial charge in [0.2, 0.25) is 0 Å². The first-order valence-electron chi connectivity index (χ1n) is 7.46. The highest BCUT2D eigenvalue weighted by Gasteiger charge is 2.30. The molecule has 0 unspecified atom stereocenters. The quantitative estimate of drug-likeness (QED) is 0.380. The summed E-state index contributed by atoms with van der Waals surface area (Å²) >= 11 is 4.97. The lowest BCUT2D eigenvalue weighted by Gasteiger charge is -2.13. The molecule has 0 atom stereocenters. The molecule has 0 aromatic heterocycles. The van der Waals surface area contributed by atoms with Gasteiger partial charge >= 0.3 is 6.18 Å². The van der Waals surface area contributed by atoms with E-state index in [9.17, 15) is 18.0 Å². The Kier molecular flexibility index (Phi) is 8.42. The Morgan fingerprint density at radius 1 is 1.28 bits per heavy atom. The molecular formula is C15H21F3N4O2S. The number of hydrazine groups is 1. The van der Waals surface area contributed by atoms with Crippen LogP contribution in [-0.2, 0) is 11.0 Å². The van der Waals surface area contributed by atoms with Gasteiger partial charge in [-0.1, -0.05) is 6.07 Å². The summed E-state index contributed by atoms with van der Waals surface area (Å²) in [7, 11) is 3.92. The SMILES string of the molecule is CN(C)CCCNC(=S)NNC(=O)COc1cccc(C(F)(F)F)c1. The summed E-state index contributed by atoms with van der Waals surface area (Å²) in [4.78, 5) is 13.6. The number of nitrogens with one attached hydrogen (secondary N) is 3. The van der Waals surface area contributed by atoms with E-state index in [-0.39, 0.29) is 10.9 Å². The van der Waals surface area contributed by atoms with Gasteiger partial charge in [-0.3, -0.25) is 15.6 Å². The highest BCUT2D eigenvalue weighted by atomic mass is 32.1. The Balaban J connectivity index is 2.28. The molecule has 0 aliphatic heterocycles. The van der Waals surface area contributed by atoms with Crippen molar-refractivity contribution in [2.24, 2.45) is 0 Å². The number of ether oxygens (including phenoxy) is 1. The zero-order valence-electron chi connectivity index (χ0n) is 13.9. The van der Waals surface area contributed by atoms with Gasteiger partial charge < -0.3 is 15.0 Å². The van der Waals surface area contributed by atoms with Crippen molar-refractivity contribution in [1.82, 2.24) is 21.1 Å². The number of hydrogen-bond donors (Lipinski definition) is 3. The van der Waals surface area contributed by atoms with Gasteiger partial charge in [-0.15, -0.1) is 0 Å². The number of carbonyl (C=O) groups excluding carboxylic acids is 1. The molecule has 0 saturated heterocycles. The van der Waals surface area contributed by atoms with E-state index in [0.29, 0.717) is 6.54 Å². The van der Waals surface area contributed by atoms with Crippen LogP contribution in [0.15, 0.2) is 24.3 Å². The maximum absolute atomic E-state index is 12.6. The Hall–Kier alpha value is -2.07. The van der Waals surface area contributed by atoms with E-state index in [1.807, 2.05) is 19.0 Å². The van der Waals surface area contributed by atoms with E-state index in [1.54, 1.807) is 0 Å². The molecule has 0 bridgehead atoms. The number of carbonyl (C=O) groups is 1. The van der Waals surface area contributed by atoms with Crippen LogP contribution >= 0.6 is 12.2 Å². The molecule has 1 amide bonds. The van der Waals surface area contributed by atoms with Crippen LogP contribution in [0.2, 0.25) is 0 Å². The van der Waals surface area contributed by atoms with Crippen LogP contribution in [0.4, 0.5) is 13.2 Å². The lowest BCUT2D eigenvalue weighted by molar-refractivity contribution is -0.137. The molecule has 1 aromatic rings. The fourth-order valence-corrected chi connectivity index (χ4v) is 1.87. The van der Waals surface area contributed by atoms with Crippen LogP contribution in [0, 0.1) is 0 Å². The van der Waals surface area contributed by atoms with Crippen molar-refractivity contribution >= 4 is 23.2 Å². The fourth-order valence-electron chi connectivity index (χ4n) is 1.72. The van der Waals surface area contributed by atoms with Crippen molar-refractivity contribution in [3.05, 3.63) is 29.8 Å². The summed E-state index contributed by atoms with van der Waals surface area (Å²) in [6.07, 6.45) is -3.59. The van der Waals surface area contributed by atoms with Gasteiger partial charge in [-0.05, 0) is 57.5 Å². The van der Waals surface area contributed by atoms with E-state index in [1.165, 1.54) is 12.1 Å². The number of amides is 1. The number of rotatable bonds is 7.